The monoisotopic (exact) mass is 739 g/mol. The van der Waals surface area contributed by atoms with Gasteiger partial charge in [-0.2, -0.15) is 5.26 Å². The zero-order chi connectivity index (χ0) is 39.5. The first-order valence-corrected chi connectivity index (χ1v) is 17.7. The molecule has 0 radical (unpaired) electrons. The second-order valence-corrected chi connectivity index (χ2v) is 11.6. The molecule has 4 rings (SSSR count). The predicted octanol–water partition coefficient (Wildman–Crippen LogP) is 9.45. The maximum absolute atomic E-state index is 11.2. The van der Waals surface area contributed by atoms with Crippen molar-refractivity contribution in [3.8, 4) is 23.3 Å². The molecule has 0 unspecified atom stereocenters. The van der Waals surface area contributed by atoms with E-state index in [0.717, 1.165) is 77.7 Å². The lowest BCUT2D eigenvalue weighted by Gasteiger charge is -2.06. The van der Waals surface area contributed by atoms with Crippen LogP contribution in [0.5, 0.6) is 17.2 Å². The molecule has 0 saturated heterocycles. The minimum Gasteiger partial charge on any atom is -0.494 e. The number of hydrogen-bond acceptors (Lipinski definition) is 9. The molecule has 0 bridgehead atoms. The Labute approximate surface area is 323 Å². The Balaban J connectivity index is 0.000000297. The van der Waals surface area contributed by atoms with Gasteiger partial charge in [-0.25, -0.2) is 14.4 Å². The van der Waals surface area contributed by atoms with E-state index in [1.807, 2.05) is 97.1 Å². The molecule has 0 fully saturated rings. The number of nitrogens with zero attached hydrogens (tertiary/aromatic N) is 1. The van der Waals surface area contributed by atoms with Gasteiger partial charge in [0, 0.05) is 18.2 Å². The summed E-state index contributed by atoms with van der Waals surface area (Å²) in [6.45, 7) is 11.9. The smallest absolute Gasteiger partial charge is 0.335 e. The van der Waals surface area contributed by atoms with Gasteiger partial charge in [-0.15, -0.1) is 0 Å². The Bertz CT molecular complexity index is 1920. The van der Waals surface area contributed by atoms with Crippen molar-refractivity contribution < 1.29 is 38.1 Å². The van der Waals surface area contributed by atoms with Gasteiger partial charge < -0.3 is 23.7 Å². The first-order valence-electron chi connectivity index (χ1n) is 17.7. The van der Waals surface area contributed by atoms with Crippen LogP contribution in [0.25, 0.3) is 24.3 Å². The highest BCUT2D eigenvalue weighted by Crippen LogP contribution is 2.18. The van der Waals surface area contributed by atoms with Crippen molar-refractivity contribution in [3.05, 3.63) is 163 Å². The van der Waals surface area contributed by atoms with Gasteiger partial charge in [0.25, 0.3) is 0 Å². The van der Waals surface area contributed by atoms with Gasteiger partial charge in [0.2, 0.25) is 0 Å². The number of rotatable bonds is 20. The van der Waals surface area contributed by atoms with Gasteiger partial charge in [0.15, 0.2) is 0 Å². The normalized spacial score (nSPS) is 10.3. The Kier molecular flexibility index (Phi) is 19.4. The highest BCUT2D eigenvalue weighted by Gasteiger charge is 2.01. The molecule has 55 heavy (non-hydrogen) atoms. The van der Waals surface area contributed by atoms with Crippen LogP contribution in [0.4, 0.5) is 0 Å². The Hall–Kier alpha value is -6.92. The van der Waals surface area contributed by atoms with Crippen LogP contribution >= 0.6 is 0 Å². The number of ether oxygens (including phenoxy) is 5. The Morgan fingerprint density at radius 3 is 1.15 bits per heavy atom. The predicted molar refractivity (Wildman–Crippen MR) is 216 cm³/mol. The topological polar surface area (TPSA) is 121 Å². The molecule has 0 aliphatic heterocycles. The third-order valence-electron chi connectivity index (χ3n) is 7.44. The summed E-state index contributed by atoms with van der Waals surface area (Å²) in [6, 6.07) is 32.3. The van der Waals surface area contributed by atoms with E-state index in [9.17, 15) is 14.4 Å². The molecule has 9 heteroatoms. The van der Waals surface area contributed by atoms with E-state index in [1.54, 1.807) is 24.3 Å². The summed E-state index contributed by atoms with van der Waals surface area (Å²) < 4.78 is 26.2. The van der Waals surface area contributed by atoms with E-state index in [1.165, 1.54) is 0 Å². The fourth-order valence-electron chi connectivity index (χ4n) is 4.46. The van der Waals surface area contributed by atoms with Gasteiger partial charge >= 0.3 is 17.9 Å². The lowest BCUT2D eigenvalue weighted by molar-refractivity contribution is -0.138. The van der Waals surface area contributed by atoms with Crippen LogP contribution in [0.15, 0.2) is 135 Å². The summed E-state index contributed by atoms with van der Waals surface area (Å²) in [5.74, 6) is 0.804. The number of hydrogen-bond donors (Lipinski definition) is 0. The van der Waals surface area contributed by atoms with Crippen molar-refractivity contribution in [1.82, 2.24) is 0 Å². The molecule has 9 nitrogen and oxygen atoms in total. The number of nitriles is 1. The highest BCUT2D eigenvalue weighted by atomic mass is 16.5. The van der Waals surface area contributed by atoms with E-state index < -0.39 is 17.9 Å². The van der Waals surface area contributed by atoms with Gasteiger partial charge in [0.1, 0.15) is 17.2 Å². The Morgan fingerprint density at radius 1 is 0.473 bits per heavy atom. The van der Waals surface area contributed by atoms with Crippen LogP contribution in [0.3, 0.4) is 0 Å². The second-order valence-electron chi connectivity index (χ2n) is 11.6. The molecule has 0 amide bonds. The van der Waals surface area contributed by atoms with E-state index in [-0.39, 0.29) is 0 Å². The Morgan fingerprint density at radius 2 is 0.800 bits per heavy atom. The number of esters is 3. The number of unbranched alkanes of at least 4 members (excludes halogenated alkanes) is 2. The average molecular weight is 740 g/mol. The van der Waals surface area contributed by atoms with E-state index >= 15 is 0 Å². The molecular formula is C46H45NO8. The molecule has 0 aliphatic rings. The standard InChI is InChI=1S/C24H24O5.C22H21NO3/c1-3-23(25)28-18-6-5-17-27-21-13-9-19(10-14-21)7-8-20-11-15-22(16-12-20)29-24(26)4-2;1-2-22(24)26-16-4-3-15-25-21-13-11-19(12-14-21)6-5-18-7-9-20(17-23)10-8-18/h3-4,7-16H,1-2,5-6,17-18H2;2,5-14H,1,3-4,15-16H2. The summed E-state index contributed by atoms with van der Waals surface area (Å²) in [5.41, 5.74) is 4.79. The summed E-state index contributed by atoms with van der Waals surface area (Å²) in [6.07, 6.45) is 14.5. The summed E-state index contributed by atoms with van der Waals surface area (Å²) in [4.78, 5) is 33.0. The van der Waals surface area contributed by atoms with E-state index in [0.29, 0.717) is 37.7 Å². The summed E-state index contributed by atoms with van der Waals surface area (Å²) in [7, 11) is 0. The van der Waals surface area contributed by atoms with Crippen LogP contribution in [-0.2, 0) is 23.9 Å². The van der Waals surface area contributed by atoms with Crippen molar-refractivity contribution in [2.24, 2.45) is 0 Å². The molecular weight excluding hydrogens is 695 g/mol. The van der Waals surface area contributed by atoms with E-state index in [2.05, 4.69) is 25.8 Å². The molecule has 4 aromatic rings. The fourth-order valence-corrected chi connectivity index (χ4v) is 4.46. The fraction of sp³-hybridized carbons (Fsp3) is 0.174. The maximum Gasteiger partial charge on any atom is 0.335 e. The first kappa shape index (κ1) is 42.5. The van der Waals surface area contributed by atoms with E-state index in [4.69, 9.17) is 28.9 Å². The van der Waals surface area contributed by atoms with Gasteiger partial charge in [-0.05, 0) is 96.5 Å². The molecule has 0 atom stereocenters. The van der Waals surface area contributed by atoms with Crippen molar-refractivity contribution >= 4 is 42.2 Å². The molecule has 0 heterocycles. The third kappa shape index (κ3) is 17.9. The number of carbonyl (C=O) groups is 3. The molecule has 0 N–H and O–H groups in total. The number of carbonyl (C=O) groups excluding carboxylic acids is 3. The second kappa shape index (κ2) is 25.1. The molecule has 282 valence electrons. The first-order chi connectivity index (χ1) is 26.8. The quantitative estimate of drug-likeness (QED) is 0.0287. The highest BCUT2D eigenvalue weighted by molar-refractivity contribution is 5.83. The molecule has 4 aromatic carbocycles. The zero-order valence-corrected chi connectivity index (χ0v) is 30.8. The summed E-state index contributed by atoms with van der Waals surface area (Å²) >= 11 is 0. The maximum atomic E-state index is 11.2. The van der Waals surface area contributed by atoms with Crippen LogP contribution in [0, 0.1) is 11.3 Å². The van der Waals surface area contributed by atoms with Gasteiger partial charge in [-0.3, -0.25) is 0 Å². The van der Waals surface area contributed by atoms with Crippen molar-refractivity contribution in [3.63, 3.8) is 0 Å². The SMILES string of the molecule is C=CC(=O)OCCCCOc1ccc(C=Cc2ccc(C#N)cc2)cc1.C=CC(=O)OCCCCOc1ccc(C=Cc2ccc(OC(=O)C=C)cc2)cc1. The van der Waals surface area contributed by atoms with Gasteiger partial charge in [0.05, 0.1) is 38.1 Å². The minimum atomic E-state index is -0.480. The number of benzene rings is 4. The average Bonchev–Trinajstić information content (AvgIpc) is 3.23. The molecule has 0 aromatic heterocycles. The molecule has 0 spiro atoms. The van der Waals surface area contributed by atoms with Crippen molar-refractivity contribution in [2.75, 3.05) is 26.4 Å². The van der Waals surface area contributed by atoms with Crippen LogP contribution in [0.2, 0.25) is 0 Å². The minimum absolute atomic E-state index is 0.371. The lowest BCUT2D eigenvalue weighted by atomic mass is 10.1. The zero-order valence-electron chi connectivity index (χ0n) is 30.8. The third-order valence-corrected chi connectivity index (χ3v) is 7.44. The molecule has 0 aliphatic carbocycles. The van der Waals surface area contributed by atoms with Crippen LogP contribution < -0.4 is 14.2 Å². The van der Waals surface area contributed by atoms with Crippen molar-refractivity contribution in [1.29, 1.82) is 5.26 Å². The van der Waals surface area contributed by atoms with Crippen molar-refractivity contribution in [2.45, 2.75) is 25.7 Å². The van der Waals surface area contributed by atoms with Crippen LogP contribution in [-0.4, -0.2) is 44.3 Å². The summed E-state index contributed by atoms with van der Waals surface area (Å²) in [5, 5.41) is 8.80. The molecule has 0 saturated carbocycles. The largest absolute Gasteiger partial charge is 0.494 e. The van der Waals surface area contributed by atoms with Gasteiger partial charge in [-0.1, -0.05) is 92.6 Å². The lowest BCUT2D eigenvalue weighted by Crippen LogP contribution is -2.04. The van der Waals surface area contributed by atoms with Crippen LogP contribution in [0.1, 0.15) is 53.5 Å².